The van der Waals surface area contributed by atoms with E-state index in [1.54, 1.807) is 6.08 Å². The maximum atomic E-state index is 11.4. The first-order valence-corrected chi connectivity index (χ1v) is 4.02. The molecule has 1 amide bonds. The Morgan fingerprint density at radius 3 is 3.21 bits per heavy atom. The normalized spacial score (nSPS) is 8.79. The maximum absolute atomic E-state index is 11.4. The van der Waals surface area contributed by atoms with Crippen LogP contribution < -0.4 is 5.32 Å². The minimum Gasteiger partial charge on any atom is -0.348 e. The van der Waals surface area contributed by atoms with Crippen molar-refractivity contribution in [2.45, 2.75) is 0 Å². The van der Waals surface area contributed by atoms with Crippen LogP contribution in [-0.2, 0) is 0 Å². The van der Waals surface area contributed by atoms with Gasteiger partial charge in [0.15, 0.2) is 0 Å². The molecule has 4 nitrogen and oxygen atoms in total. The van der Waals surface area contributed by atoms with Gasteiger partial charge in [0.2, 0.25) is 0 Å². The summed E-state index contributed by atoms with van der Waals surface area (Å²) in [6, 6.07) is 3.43. The van der Waals surface area contributed by atoms with Crippen molar-refractivity contribution in [1.29, 1.82) is 5.26 Å². The highest BCUT2D eigenvalue weighted by Crippen LogP contribution is 2.04. The van der Waals surface area contributed by atoms with E-state index in [2.05, 4.69) is 16.9 Å². The number of hydrogen-bond acceptors (Lipinski definition) is 3. The van der Waals surface area contributed by atoms with E-state index in [1.807, 2.05) is 6.07 Å². The SMILES string of the molecule is C=CCNC(=O)c1cnccc1C#N. The topological polar surface area (TPSA) is 65.8 Å². The van der Waals surface area contributed by atoms with Crippen LogP contribution in [0.5, 0.6) is 0 Å². The number of hydrogen-bond donors (Lipinski definition) is 1. The number of carbonyl (C=O) groups is 1. The van der Waals surface area contributed by atoms with Crippen molar-refractivity contribution in [3.8, 4) is 6.07 Å². The van der Waals surface area contributed by atoms with Crippen LogP contribution >= 0.6 is 0 Å². The molecule has 0 fully saturated rings. The fraction of sp³-hybridized carbons (Fsp3) is 0.100. The molecule has 1 rings (SSSR count). The van der Waals surface area contributed by atoms with Crippen LogP contribution in [0.3, 0.4) is 0 Å². The number of nitrogens with one attached hydrogen (secondary N) is 1. The Kier molecular flexibility index (Phi) is 3.39. The van der Waals surface area contributed by atoms with Crippen LogP contribution in [0, 0.1) is 11.3 Å². The summed E-state index contributed by atoms with van der Waals surface area (Å²) in [6.45, 7) is 3.85. The highest BCUT2D eigenvalue weighted by molar-refractivity contribution is 5.96. The number of aromatic nitrogens is 1. The summed E-state index contributed by atoms with van der Waals surface area (Å²) < 4.78 is 0. The molecule has 4 heteroatoms. The van der Waals surface area contributed by atoms with Gasteiger partial charge in [0.1, 0.15) is 6.07 Å². The third kappa shape index (κ3) is 2.17. The van der Waals surface area contributed by atoms with Gasteiger partial charge in [0.25, 0.3) is 5.91 Å². The molecule has 0 unspecified atom stereocenters. The predicted molar refractivity (Wildman–Crippen MR) is 51.5 cm³/mol. The zero-order valence-electron chi connectivity index (χ0n) is 7.53. The molecule has 1 aromatic rings. The van der Waals surface area contributed by atoms with Gasteiger partial charge in [-0.25, -0.2) is 0 Å². The molecule has 0 saturated heterocycles. The Bertz CT molecular complexity index is 393. The average Bonchev–Trinajstić information content (AvgIpc) is 2.25. The highest BCUT2D eigenvalue weighted by Gasteiger charge is 2.09. The summed E-state index contributed by atoms with van der Waals surface area (Å²) in [7, 11) is 0. The summed E-state index contributed by atoms with van der Waals surface area (Å²) >= 11 is 0. The van der Waals surface area contributed by atoms with Crippen LogP contribution in [-0.4, -0.2) is 17.4 Å². The zero-order valence-corrected chi connectivity index (χ0v) is 7.53. The van der Waals surface area contributed by atoms with Crippen LogP contribution in [0.1, 0.15) is 15.9 Å². The van der Waals surface area contributed by atoms with Crippen LogP contribution in [0.15, 0.2) is 31.1 Å². The van der Waals surface area contributed by atoms with Crippen molar-refractivity contribution in [1.82, 2.24) is 10.3 Å². The third-order valence-electron chi connectivity index (χ3n) is 1.59. The van der Waals surface area contributed by atoms with Crippen LogP contribution in [0.25, 0.3) is 0 Å². The molecule has 0 aromatic carbocycles. The van der Waals surface area contributed by atoms with Gasteiger partial charge in [0, 0.05) is 18.9 Å². The van der Waals surface area contributed by atoms with Gasteiger partial charge in [-0.15, -0.1) is 6.58 Å². The van der Waals surface area contributed by atoms with E-state index in [-0.39, 0.29) is 11.5 Å². The van der Waals surface area contributed by atoms with Gasteiger partial charge in [-0.3, -0.25) is 9.78 Å². The van der Waals surface area contributed by atoms with Gasteiger partial charge in [-0.2, -0.15) is 5.26 Å². The summed E-state index contributed by atoms with van der Waals surface area (Å²) in [6.07, 6.45) is 4.42. The number of pyridine rings is 1. The number of carbonyl (C=O) groups excluding carboxylic acids is 1. The Morgan fingerprint density at radius 2 is 2.57 bits per heavy atom. The van der Waals surface area contributed by atoms with Gasteiger partial charge in [-0.1, -0.05) is 6.08 Å². The first-order valence-electron chi connectivity index (χ1n) is 4.02. The van der Waals surface area contributed by atoms with Crippen LogP contribution in [0.4, 0.5) is 0 Å². The van der Waals surface area contributed by atoms with Gasteiger partial charge in [0.05, 0.1) is 11.1 Å². The Morgan fingerprint density at radius 1 is 1.79 bits per heavy atom. The van der Waals surface area contributed by atoms with Crippen molar-refractivity contribution in [2.75, 3.05) is 6.54 Å². The fourth-order valence-electron chi connectivity index (χ4n) is 0.933. The quantitative estimate of drug-likeness (QED) is 0.714. The molecule has 0 spiro atoms. The number of amides is 1. The van der Waals surface area contributed by atoms with E-state index in [0.717, 1.165) is 0 Å². The van der Waals surface area contributed by atoms with E-state index < -0.39 is 0 Å². The molecule has 0 aliphatic carbocycles. The summed E-state index contributed by atoms with van der Waals surface area (Å²) in [5.41, 5.74) is 0.610. The first-order chi connectivity index (χ1) is 6.79. The lowest BCUT2D eigenvalue weighted by Crippen LogP contribution is -2.24. The monoisotopic (exact) mass is 187 g/mol. The molecule has 0 aliphatic rings. The number of nitrogens with zero attached hydrogens (tertiary/aromatic N) is 2. The lowest BCUT2D eigenvalue weighted by atomic mass is 10.1. The molecular formula is C10H9N3O. The molecule has 0 radical (unpaired) electrons. The average molecular weight is 187 g/mol. The number of rotatable bonds is 3. The molecule has 1 aromatic heterocycles. The molecule has 0 aliphatic heterocycles. The zero-order chi connectivity index (χ0) is 10.4. The molecular weight excluding hydrogens is 178 g/mol. The van der Waals surface area contributed by atoms with Crippen molar-refractivity contribution in [3.63, 3.8) is 0 Å². The molecule has 14 heavy (non-hydrogen) atoms. The molecule has 0 saturated carbocycles. The second-order valence-corrected chi connectivity index (χ2v) is 2.53. The van der Waals surface area contributed by atoms with Crippen LogP contribution in [0.2, 0.25) is 0 Å². The number of nitriles is 1. The standard InChI is InChI=1S/C10H9N3O/c1-2-4-13-10(14)9-7-12-5-3-8(9)6-11/h2-3,5,7H,1,4H2,(H,13,14). The summed E-state index contributed by atoms with van der Waals surface area (Å²) in [5, 5.41) is 11.3. The van der Waals surface area contributed by atoms with Crippen molar-refractivity contribution in [3.05, 3.63) is 42.2 Å². The van der Waals surface area contributed by atoms with Gasteiger partial charge in [-0.05, 0) is 6.07 Å². The Hall–Kier alpha value is -2.15. The molecule has 70 valence electrons. The minimum atomic E-state index is -0.311. The van der Waals surface area contributed by atoms with E-state index in [1.165, 1.54) is 18.5 Å². The van der Waals surface area contributed by atoms with Gasteiger partial charge >= 0.3 is 0 Å². The van der Waals surface area contributed by atoms with Crippen molar-refractivity contribution >= 4 is 5.91 Å². The summed E-state index contributed by atoms with van der Waals surface area (Å²) in [5.74, 6) is -0.311. The van der Waals surface area contributed by atoms with Crippen molar-refractivity contribution < 1.29 is 4.79 Å². The Labute approximate surface area is 81.9 Å². The van der Waals surface area contributed by atoms with Crippen molar-refractivity contribution in [2.24, 2.45) is 0 Å². The lowest BCUT2D eigenvalue weighted by molar-refractivity contribution is 0.0957. The molecule has 1 heterocycles. The second kappa shape index (κ2) is 4.77. The van der Waals surface area contributed by atoms with E-state index in [4.69, 9.17) is 5.26 Å². The fourth-order valence-corrected chi connectivity index (χ4v) is 0.933. The summed E-state index contributed by atoms with van der Waals surface area (Å²) in [4.78, 5) is 15.2. The van der Waals surface area contributed by atoms with E-state index in [9.17, 15) is 4.79 Å². The minimum absolute atomic E-state index is 0.289. The van der Waals surface area contributed by atoms with Gasteiger partial charge < -0.3 is 5.32 Å². The Balaban J connectivity index is 2.90. The maximum Gasteiger partial charge on any atom is 0.254 e. The predicted octanol–water partition coefficient (Wildman–Crippen LogP) is 0.869. The molecule has 0 atom stereocenters. The third-order valence-corrected chi connectivity index (χ3v) is 1.59. The van der Waals surface area contributed by atoms with E-state index in [0.29, 0.717) is 12.1 Å². The molecule has 0 bridgehead atoms. The largest absolute Gasteiger partial charge is 0.348 e. The lowest BCUT2D eigenvalue weighted by Gasteiger charge is -2.02. The highest BCUT2D eigenvalue weighted by atomic mass is 16.1. The smallest absolute Gasteiger partial charge is 0.254 e. The first kappa shape index (κ1) is 9.93. The second-order valence-electron chi connectivity index (χ2n) is 2.53. The molecule has 1 N–H and O–H groups in total. The van der Waals surface area contributed by atoms with E-state index >= 15 is 0 Å².